The molecule has 4 aliphatic heterocycles. The van der Waals surface area contributed by atoms with Gasteiger partial charge in [-0.25, -0.2) is 18.4 Å². The van der Waals surface area contributed by atoms with Gasteiger partial charge in [-0.3, -0.25) is 4.79 Å². The van der Waals surface area contributed by atoms with E-state index in [1.165, 1.54) is 17.7 Å². The van der Waals surface area contributed by atoms with E-state index in [0.717, 1.165) is 48.9 Å². The van der Waals surface area contributed by atoms with Crippen molar-refractivity contribution in [2.45, 2.75) is 60.8 Å². The lowest BCUT2D eigenvalue weighted by molar-refractivity contribution is -0.137. The molecule has 0 spiro atoms. The Bertz CT molecular complexity index is 1780. The molecule has 1 aromatic carbocycles. The van der Waals surface area contributed by atoms with Gasteiger partial charge in [-0.1, -0.05) is 0 Å². The number of thiophene rings is 1. The molecule has 15 heteroatoms. The lowest BCUT2D eigenvalue weighted by Crippen LogP contribution is -2.52. The fraction of sp³-hybridized carbons (Fsp3) is 0.500. The topological polar surface area (TPSA) is 117 Å². The summed E-state index contributed by atoms with van der Waals surface area (Å²) in [5, 5.41) is 6.80. The van der Waals surface area contributed by atoms with Crippen molar-refractivity contribution in [1.82, 2.24) is 20.2 Å². The molecule has 4 fully saturated rings. The van der Waals surface area contributed by atoms with E-state index in [2.05, 4.69) is 31.6 Å². The highest BCUT2D eigenvalue weighted by Gasteiger charge is 2.41. The van der Waals surface area contributed by atoms with E-state index in [-0.39, 0.29) is 38.9 Å². The highest BCUT2D eigenvalue weighted by molar-refractivity contribution is 7.91. The number of sulfone groups is 1. The minimum atomic E-state index is -4.81. The zero-order valence-electron chi connectivity index (χ0n) is 24.1. The van der Waals surface area contributed by atoms with Crippen LogP contribution >= 0.6 is 11.3 Å². The maximum atomic E-state index is 14.2. The number of halogens is 3. The molecular weight excluding hydrogens is 629 g/mol. The number of benzene rings is 1. The van der Waals surface area contributed by atoms with Gasteiger partial charge in [0.2, 0.25) is 5.95 Å². The Labute approximate surface area is 261 Å². The van der Waals surface area contributed by atoms with E-state index in [0.29, 0.717) is 48.7 Å². The average molecular weight is 661 g/mol. The Morgan fingerprint density at radius 3 is 2.49 bits per heavy atom. The summed E-state index contributed by atoms with van der Waals surface area (Å²) in [6.45, 7) is 2.46. The molecule has 5 aliphatic rings. The number of amides is 1. The summed E-state index contributed by atoms with van der Waals surface area (Å²) in [7, 11) is -3.92. The minimum Gasteiger partial charge on any atom is -0.377 e. The van der Waals surface area contributed by atoms with Gasteiger partial charge in [0.15, 0.2) is 9.84 Å². The molecule has 3 aromatic rings. The van der Waals surface area contributed by atoms with E-state index in [1.807, 2.05) is 12.1 Å². The zero-order chi connectivity index (χ0) is 31.1. The Balaban J connectivity index is 1.15. The number of rotatable bonds is 6. The van der Waals surface area contributed by atoms with Gasteiger partial charge in [0.25, 0.3) is 5.91 Å². The first-order valence-corrected chi connectivity index (χ1v) is 17.6. The largest absolute Gasteiger partial charge is 0.420 e. The number of anilines is 3. The van der Waals surface area contributed by atoms with Crippen LogP contribution in [-0.4, -0.2) is 85.9 Å². The lowest BCUT2D eigenvalue weighted by Gasteiger charge is -2.36. The van der Waals surface area contributed by atoms with Crippen LogP contribution in [0.5, 0.6) is 0 Å². The summed E-state index contributed by atoms with van der Waals surface area (Å²) in [5.41, 5.74) is 1.35. The van der Waals surface area contributed by atoms with Gasteiger partial charge in [0, 0.05) is 49.3 Å². The van der Waals surface area contributed by atoms with Gasteiger partial charge >= 0.3 is 6.18 Å². The number of piperazine rings is 1. The standard InChI is InChI=1S/C30H31F3N6O4S2/c31-30(32,33)22-11-34-29(36-23-6-5-19(9-21(23)16-1-2-16)38-12-17-3-4-18(13-38)35-17)37-26(22)24-10-25-27(44-24)28(40)39(20-14-43-15-20)7-8-45(25,41)42/h5-6,9-11,16-18,20,35H,1-4,7-8,12-15H2,(H,34,36,37)/t17-,18+. The average Bonchev–Trinajstić information content (AvgIpc) is 3.64. The normalized spacial score (nSPS) is 24.7. The van der Waals surface area contributed by atoms with Crippen LogP contribution in [0.4, 0.5) is 30.5 Å². The van der Waals surface area contributed by atoms with Crippen molar-refractivity contribution in [1.29, 1.82) is 0 Å². The molecule has 2 bridgehead atoms. The van der Waals surface area contributed by atoms with Crippen LogP contribution in [0.2, 0.25) is 0 Å². The van der Waals surface area contributed by atoms with Crippen molar-refractivity contribution in [3.63, 3.8) is 0 Å². The minimum absolute atomic E-state index is 0.000762. The molecule has 3 saturated heterocycles. The summed E-state index contributed by atoms with van der Waals surface area (Å²) in [5.74, 6) is -0.549. The smallest absolute Gasteiger partial charge is 0.377 e. The number of hydrogen-bond acceptors (Lipinski definition) is 10. The Morgan fingerprint density at radius 2 is 1.82 bits per heavy atom. The number of ether oxygens (including phenoxy) is 1. The Kier molecular flexibility index (Phi) is 6.89. The molecule has 1 saturated carbocycles. The predicted molar refractivity (Wildman–Crippen MR) is 162 cm³/mol. The second-order valence-corrected chi connectivity index (χ2v) is 15.6. The van der Waals surface area contributed by atoms with Crippen LogP contribution < -0.4 is 15.5 Å². The summed E-state index contributed by atoms with van der Waals surface area (Å²) in [6.07, 6.45) is 0.299. The van der Waals surface area contributed by atoms with Crippen LogP contribution in [0.25, 0.3) is 10.6 Å². The molecule has 2 N–H and O–H groups in total. The van der Waals surface area contributed by atoms with Gasteiger partial charge < -0.3 is 25.2 Å². The highest BCUT2D eigenvalue weighted by Crippen LogP contribution is 2.46. The number of nitrogens with zero attached hydrogens (tertiary/aromatic N) is 4. The molecule has 10 nitrogen and oxygen atoms in total. The van der Waals surface area contributed by atoms with Crippen LogP contribution in [0.15, 0.2) is 35.4 Å². The summed E-state index contributed by atoms with van der Waals surface area (Å²) < 4.78 is 74.2. The molecule has 2 atom stereocenters. The van der Waals surface area contributed by atoms with Crippen molar-refractivity contribution >= 4 is 44.4 Å². The van der Waals surface area contributed by atoms with Crippen molar-refractivity contribution in [2.75, 3.05) is 48.8 Å². The fourth-order valence-corrected chi connectivity index (χ4v) is 9.66. The summed E-state index contributed by atoms with van der Waals surface area (Å²) >= 11 is 0.714. The molecule has 1 aliphatic carbocycles. The number of carbonyl (C=O) groups excluding carboxylic acids is 1. The molecule has 0 radical (unpaired) electrons. The Morgan fingerprint density at radius 1 is 1.07 bits per heavy atom. The Hall–Kier alpha value is -3.27. The van der Waals surface area contributed by atoms with E-state index in [9.17, 15) is 26.4 Å². The highest BCUT2D eigenvalue weighted by atomic mass is 32.2. The summed E-state index contributed by atoms with van der Waals surface area (Å²) in [4.78, 5) is 25.2. The number of nitrogens with one attached hydrogen (secondary N) is 2. The summed E-state index contributed by atoms with van der Waals surface area (Å²) in [6, 6.07) is 7.98. The van der Waals surface area contributed by atoms with Crippen molar-refractivity contribution in [3.8, 4) is 10.6 Å². The van der Waals surface area contributed by atoms with Crippen LogP contribution in [0, 0.1) is 0 Å². The van der Waals surface area contributed by atoms with Gasteiger partial charge in [-0.15, -0.1) is 11.3 Å². The quantitative estimate of drug-likeness (QED) is 0.397. The predicted octanol–water partition coefficient (Wildman–Crippen LogP) is 4.41. The molecule has 2 aromatic heterocycles. The van der Waals surface area contributed by atoms with E-state index >= 15 is 0 Å². The van der Waals surface area contributed by atoms with E-state index in [1.54, 1.807) is 0 Å². The number of hydrogen-bond donors (Lipinski definition) is 2. The molecule has 8 rings (SSSR count). The van der Waals surface area contributed by atoms with Gasteiger partial charge in [0.05, 0.1) is 40.5 Å². The van der Waals surface area contributed by atoms with E-state index in [4.69, 9.17) is 4.74 Å². The molecular formula is C30H31F3N6O4S2. The number of carbonyl (C=O) groups is 1. The maximum Gasteiger partial charge on any atom is 0.420 e. The first-order valence-electron chi connectivity index (χ1n) is 15.2. The first kappa shape index (κ1) is 29.2. The maximum absolute atomic E-state index is 14.2. The molecule has 45 heavy (non-hydrogen) atoms. The SMILES string of the molecule is O=C1c2sc(-c3nc(Nc4ccc(N5C[C@H]6CC[C@@H](C5)N6)cc4C4CC4)ncc3C(F)(F)F)cc2S(=O)(=O)CCN1C1COC1. The van der Waals surface area contributed by atoms with Gasteiger partial charge in [0.1, 0.15) is 10.4 Å². The first-order chi connectivity index (χ1) is 21.5. The molecule has 0 unspecified atom stereocenters. The third-order valence-electron chi connectivity index (χ3n) is 9.36. The number of fused-ring (bicyclic) bond motifs is 3. The fourth-order valence-electron chi connectivity index (χ4n) is 6.74. The number of alkyl halides is 3. The van der Waals surface area contributed by atoms with Crippen molar-refractivity contribution in [2.24, 2.45) is 0 Å². The molecule has 6 heterocycles. The van der Waals surface area contributed by atoms with E-state index < -0.39 is 33.2 Å². The zero-order valence-corrected chi connectivity index (χ0v) is 25.8. The third-order valence-corrected chi connectivity index (χ3v) is 12.3. The second-order valence-electron chi connectivity index (χ2n) is 12.5. The van der Waals surface area contributed by atoms with Crippen molar-refractivity contribution < 1.29 is 31.1 Å². The molecule has 238 valence electrons. The van der Waals surface area contributed by atoms with Crippen LogP contribution in [-0.2, 0) is 20.8 Å². The second kappa shape index (κ2) is 10.6. The van der Waals surface area contributed by atoms with Gasteiger partial charge in [-0.2, -0.15) is 13.2 Å². The third kappa shape index (κ3) is 5.36. The molecule has 1 amide bonds. The monoisotopic (exact) mass is 660 g/mol. The van der Waals surface area contributed by atoms with Crippen molar-refractivity contribution in [3.05, 3.63) is 46.5 Å². The van der Waals surface area contributed by atoms with Gasteiger partial charge in [-0.05, 0) is 61.4 Å². The van der Waals surface area contributed by atoms with Crippen LogP contribution in [0.1, 0.15) is 52.4 Å². The lowest BCUT2D eigenvalue weighted by atomic mass is 10.1. The van der Waals surface area contributed by atoms with Crippen LogP contribution in [0.3, 0.4) is 0 Å². The number of aromatic nitrogens is 2.